The van der Waals surface area contributed by atoms with Crippen molar-refractivity contribution < 1.29 is 14.3 Å². The molecule has 2 aromatic rings. The van der Waals surface area contributed by atoms with Gasteiger partial charge < -0.3 is 19.9 Å². The van der Waals surface area contributed by atoms with Crippen LogP contribution < -0.4 is 20.4 Å². The third-order valence-electron chi connectivity index (χ3n) is 3.94. The number of nitrogens with zero attached hydrogens (tertiary/aromatic N) is 1. The number of aromatic amines is 1. The fourth-order valence-corrected chi connectivity index (χ4v) is 2.66. The van der Waals surface area contributed by atoms with Gasteiger partial charge in [0.1, 0.15) is 11.4 Å². The van der Waals surface area contributed by atoms with E-state index in [2.05, 4.69) is 10.3 Å². The summed E-state index contributed by atoms with van der Waals surface area (Å²) in [6.07, 6.45) is 3.02. The van der Waals surface area contributed by atoms with Crippen molar-refractivity contribution in [2.24, 2.45) is 5.92 Å². The maximum atomic E-state index is 12.3. The number of benzene rings is 1. The zero-order valence-electron chi connectivity index (χ0n) is 13.1. The van der Waals surface area contributed by atoms with Crippen LogP contribution in [0.4, 0.5) is 11.4 Å². The first-order valence-corrected chi connectivity index (χ1v) is 7.51. The number of pyridine rings is 1. The van der Waals surface area contributed by atoms with E-state index >= 15 is 0 Å². The van der Waals surface area contributed by atoms with Crippen LogP contribution in [0.15, 0.2) is 47.5 Å². The number of hydrogen-bond acceptors (Lipinski definition) is 4. The molecule has 2 N–H and O–H groups in total. The first-order chi connectivity index (χ1) is 11.6. The van der Waals surface area contributed by atoms with E-state index in [-0.39, 0.29) is 35.9 Å². The molecule has 2 heterocycles. The van der Waals surface area contributed by atoms with E-state index in [1.807, 2.05) is 0 Å². The van der Waals surface area contributed by atoms with Gasteiger partial charge in [-0.05, 0) is 12.1 Å². The van der Waals surface area contributed by atoms with Crippen molar-refractivity contribution in [3.05, 3.63) is 52.9 Å². The Bertz CT molecular complexity index is 830. The maximum Gasteiger partial charge on any atom is 0.229 e. The molecule has 124 valence electrons. The number of anilines is 2. The summed E-state index contributed by atoms with van der Waals surface area (Å²) in [6.45, 7) is 0.266. The lowest BCUT2D eigenvalue weighted by molar-refractivity contribution is -0.122. The van der Waals surface area contributed by atoms with Crippen LogP contribution in [-0.4, -0.2) is 30.5 Å². The molecular weight excluding hydrogens is 310 g/mol. The van der Waals surface area contributed by atoms with Gasteiger partial charge in [-0.1, -0.05) is 6.07 Å². The molecular formula is C17H17N3O4. The monoisotopic (exact) mass is 327 g/mol. The SMILES string of the molecule is COc1cccc(N2C[C@@H](C(=O)Nc3c[nH]ccc3=O)CC2=O)c1. The van der Waals surface area contributed by atoms with Crippen LogP contribution in [0.25, 0.3) is 0 Å². The Morgan fingerprint density at radius 1 is 1.33 bits per heavy atom. The molecule has 1 saturated heterocycles. The lowest BCUT2D eigenvalue weighted by Crippen LogP contribution is -2.29. The molecule has 3 rings (SSSR count). The molecule has 1 aliphatic rings. The average Bonchev–Trinajstić information content (AvgIpc) is 2.99. The number of carbonyl (C=O) groups is 2. The second-order valence-electron chi connectivity index (χ2n) is 5.52. The lowest BCUT2D eigenvalue weighted by atomic mass is 10.1. The standard InChI is InChI=1S/C17H17N3O4/c1-24-13-4-2-3-12(8-13)20-10-11(7-16(20)22)17(23)19-14-9-18-6-5-15(14)21/h2-6,8-9,11H,7,10H2,1H3,(H,18,21)(H,19,23)/t11-/m0/s1. The van der Waals surface area contributed by atoms with Gasteiger partial charge in [0.25, 0.3) is 0 Å². The second kappa shape index (κ2) is 6.57. The van der Waals surface area contributed by atoms with E-state index in [1.54, 1.807) is 36.3 Å². The molecule has 1 atom stereocenters. The summed E-state index contributed by atoms with van der Waals surface area (Å²) in [7, 11) is 1.55. The lowest BCUT2D eigenvalue weighted by Gasteiger charge is -2.17. The zero-order chi connectivity index (χ0) is 17.1. The number of ether oxygens (including phenoxy) is 1. The molecule has 0 spiro atoms. The van der Waals surface area contributed by atoms with Crippen LogP contribution in [0.1, 0.15) is 6.42 Å². The fourth-order valence-electron chi connectivity index (χ4n) is 2.66. The predicted molar refractivity (Wildman–Crippen MR) is 89.1 cm³/mol. The van der Waals surface area contributed by atoms with E-state index in [9.17, 15) is 14.4 Å². The van der Waals surface area contributed by atoms with Gasteiger partial charge in [-0.3, -0.25) is 14.4 Å². The van der Waals surface area contributed by atoms with Crippen molar-refractivity contribution in [1.29, 1.82) is 0 Å². The van der Waals surface area contributed by atoms with Crippen LogP contribution >= 0.6 is 0 Å². The predicted octanol–water partition coefficient (Wildman–Crippen LogP) is 1.38. The summed E-state index contributed by atoms with van der Waals surface area (Å²) in [5.41, 5.74) is 0.582. The van der Waals surface area contributed by atoms with Gasteiger partial charge >= 0.3 is 0 Å². The fraction of sp³-hybridized carbons (Fsp3) is 0.235. The summed E-state index contributed by atoms with van der Waals surface area (Å²) in [6, 6.07) is 8.45. The molecule has 1 aromatic carbocycles. The Labute approximate surface area is 138 Å². The third-order valence-corrected chi connectivity index (χ3v) is 3.94. The van der Waals surface area contributed by atoms with Crippen LogP contribution in [0.3, 0.4) is 0 Å². The van der Waals surface area contributed by atoms with Gasteiger partial charge in [0.05, 0.1) is 13.0 Å². The number of rotatable bonds is 4. The van der Waals surface area contributed by atoms with E-state index in [1.165, 1.54) is 18.5 Å². The topological polar surface area (TPSA) is 91.5 Å². The van der Waals surface area contributed by atoms with Crippen molar-refractivity contribution in [2.45, 2.75) is 6.42 Å². The minimum absolute atomic E-state index is 0.105. The maximum absolute atomic E-state index is 12.3. The second-order valence-corrected chi connectivity index (χ2v) is 5.52. The largest absolute Gasteiger partial charge is 0.497 e. The number of H-pyrrole nitrogens is 1. The summed E-state index contributed by atoms with van der Waals surface area (Å²) in [5.74, 6) is -0.344. The normalized spacial score (nSPS) is 17.0. The Balaban J connectivity index is 1.73. The van der Waals surface area contributed by atoms with Crippen LogP contribution in [0.2, 0.25) is 0 Å². The molecule has 0 bridgehead atoms. The highest BCUT2D eigenvalue weighted by molar-refractivity contribution is 6.03. The average molecular weight is 327 g/mol. The summed E-state index contributed by atoms with van der Waals surface area (Å²) < 4.78 is 5.16. The van der Waals surface area contributed by atoms with Gasteiger partial charge in [0.2, 0.25) is 17.2 Å². The van der Waals surface area contributed by atoms with Crippen molar-refractivity contribution in [3.8, 4) is 5.75 Å². The molecule has 24 heavy (non-hydrogen) atoms. The van der Waals surface area contributed by atoms with Gasteiger partial charge in [-0.25, -0.2) is 0 Å². The van der Waals surface area contributed by atoms with Gasteiger partial charge in [0, 0.05) is 43.2 Å². The zero-order valence-corrected chi connectivity index (χ0v) is 13.1. The molecule has 2 amide bonds. The summed E-state index contributed by atoms with van der Waals surface area (Å²) in [5, 5.41) is 2.58. The van der Waals surface area contributed by atoms with Crippen molar-refractivity contribution >= 4 is 23.2 Å². The minimum Gasteiger partial charge on any atom is -0.497 e. The number of nitrogens with one attached hydrogen (secondary N) is 2. The van der Waals surface area contributed by atoms with E-state index in [4.69, 9.17) is 4.74 Å². The Kier molecular flexibility index (Phi) is 4.33. The molecule has 0 aliphatic carbocycles. The van der Waals surface area contributed by atoms with Crippen molar-refractivity contribution in [3.63, 3.8) is 0 Å². The summed E-state index contributed by atoms with van der Waals surface area (Å²) in [4.78, 5) is 40.6. The van der Waals surface area contributed by atoms with Gasteiger partial charge in [-0.2, -0.15) is 0 Å². The third kappa shape index (κ3) is 3.15. The minimum atomic E-state index is -0.511. The Hall–Kier alpha value is -3.09. The molecule has 1 aliphatic heterocycles. The first-order valence-electron chi connectivity index (χ1n) is 7.51. The van der Waals surface area contributed by atoms with E-state index in [0.29, 0.717) is 11.4 Å². The molecule has 1 aromatic heterocycles. The Morgan fingerprint density at radius 2 is 2.17 bits per heavy atom. The van der Waals surface area contributed by atoms with Gasteiger partial charge in [-0.15, -0.1) is 0 Å². The summed E-state index contributed by atoms with van der Waals surface area (Å²) >= 11 is 0. The van der Waals surface area contributed by atoms with Crippen LogP contribution in [0, 0.1) is 5.92 Å². The number of methoxy groups -OCH3 is 1. The first kappa shape index (κ1) is 15.8. The van der Waals surface area contributed by atoms with E-state index in [0.717, 1.165) is 0 Å². The highest BCUT2D eigenvalue weighted by Crippen LogP contribution is 2.28. The van der Waals surface area contributed by atoms with Crippen molar-refractivity contribution in [1.82, 2.24) is 4.98 Å². The van der Waals surface area contributed by atoms with Crippen LogP contribution in [0.5, 0.6) is 5.75 Å². The van der Waals surface area contributed by atoms with Gasteiger partial charge in [0.15, 0.2) is 0 Å². The molecule has 0 saturated carbocycles. The number of amides is 2. The molecule has 0 unspecified atom stereocenters. The molecule has 7 nitrogen and oxygen atoms in total. The number of hydrogen-bond donors (Lipinski definition) is 2. The van der Waals surface area contributed by atoms with Crippen LogP contribution in [-0.2, 0) is 9.59 Å². The highest BCUT2D eigenvalue weighted by Gasteiger charge is 2.35. The number of carbonyl (C=O) groups excluding carboxylic acids is 2. The quantitative estimate of drug-likeness (QED) is 0.887. The molecule has 7 heteroatoms. The molecule has 0 radical (unpaired) electrons. The Morgan fingerprint density at radius 3 is 2.92 bits per heavy atom. The van der Waals surface area contributed by atoms with E-state index < -0.39 is 5.92 Å². The highest BCUT2D eigenvalue weighted by atomic mass is 16.5. The smallest absolute Gasteiger partial charge is 0.229 e. The van der Waals surface area contributed by atoms with Crippen molar-refractivity contribution in [2.75, 3.05) is 23.9 Å². The molecule has 1 fully saturated rings. The number of aromatic nitrogens is 1.